The molecule has 3 N–H and O–H groups in total. The van der Waals surface area contributed by atoms with Crippen LogP contribution in [0.25, 0.3) is 0 Å². The van der Waals surface area contributed by atoms with Crippen LogP contribution in [0.4, 0.5) is 0 Å². The van der Waals surface area contributed by atoms with Crippen molar-refractivity contribution < 1.29 is 24.9 Å². The number of fused-ring (bicyclic) bond motifs is 5. The Balaban J connectivity index is 0.00000210. The van der Waals surface area contributed by atoms with Crippen LogP contribution in [0.3, 0.4) is 0 Å². The van der Waals surface area contributed by atoms with Crippen LogP contribution in [-0.4, -0.2) is 45.2 Å². The number of carbonyl (C=O) groups excluding carboxylic acids is 2. The normalized spacial score (nSPS) is 48.6. The number of Topliss-reactive ketones (excluding diaryl/α,β-unsaturated/α-hetero) is 1. The summed E-state index contributed by atoms with van der Waals surface area (Å²) in [7, 11) is 0. The highest BCUT2D eigenvalue weighted by Gasteiger charge is 2.68. The zero-order chi connectivity index (χ0) is 18.9. The first kappa shape index (κ1) is 20.7. The van der Waals surface area contributed by atoms with Gasteiger partial charge in [-0.25, -0.2) is 0 Å². The lowest BCUT2D eigenvalue weighted by Gasteiger charge is -2.60. The standard InChI is InChI=1S/C21H30O5.CH4/c1-19-7-5-13(23)9-12(19)3-4-14-15-6-8-21(26,17(25)11-22)20(15,2)10-16(24)18(14)19;/h9,14-16,18,22,24,26H,3-8,10-11H2,1-2H3;1H4. The van der Waals surface area contributed by atoms with Crippen molar-refractivity contribution in [2.75, 3.05) is 6.61 Å². The lowest BCUT2D eigenvalue weighted by atomic mass is 9.45. The molecule has 0 saturated heterocycles. The summed E-state index contributed by atoms with van der Waals surface area (Å²) in [5.41, 5.74) is -1.23. The van der Waals surface area contributed by atoms with Crippen LogP contribution < -0.4 is 0 Å². The third-order valence-corrected chi connectivity index (χ3v) is 8.65. The highest BCUT2D eigenvalue weighted by atomic mass is 16.3. The van der Waals surface area contributed by atoms with E-state index in [0.717, 1.165) is 25.7 Å². The second-order valence-corrected chi connectivity index (χ2v) is 9.56. The van der Waals surface area contributed by atoms with Crippen LogP contribution in [0, 0.1) is 28.6 Å². The number of aliphatic hydroxyl groups excluding tert-OH is 2. The van der Waals surface area contributed by atoms with E-state index in [1.807, 2.05) is 6.92 Å². The van der Waals surface area contributed by atoms with Gasteiger partial charge >= 0.3 is 0 Å². The SMILES string of the molecule is C.CC12CCC(=O)C=C1CCC1C2C(O)CC2(C)C1CCC2(O)C(=O)CO. The molecule has 0 radical (unpaired) electrons. The van der Waals surface area contributed by atoms with E-state index in [9.17, 15) is 24.9 Å². The number of rotatable bonds is 2. The first-order valence-corrected chi connectivity index (χ1v) is 9.96. The second kappa shape index (κ2) is 6.50. The summed E-state index contributed by atoms with van der Waals surface area (Å²) >= 11 is 0. The Morgan fingerprint density at radius 3 is 2.59 bits per heavy atom. The van der Waals surface area contributed by atoms with Gasteiger partial charge in [-0.2, -0.15) is 0 Å². The molecule has 5 nitrogen and oxygen atoms in total. The highest BCUT2D eigenvalue weighted by Crippen LogP contribution is 2.67. The van der Waals surface area contributed by atoms with E-state index in [1.165, 1.54) is 5.57 Å². The minimum atomic E-state index is -1.54. The summed E-state index contributed by atoms with van der Waals surface area (Å²) in [6.07, 6.45) is 5.74. The summed E-state index contributed by atoms with van der Waals surface area (Å²) in [6.45, 7) is 3.46. The van der Waals surface area contributed by atoms with Gasteiger partial charge in [0.1, 0.15) is 12.2 Å². The Morgan fingerprint density at radius 2 is 1.93 bits per heavy atom. The molecule has 0 amide bonds. The van der Waals surface area contributed by atoms with Crippen molar-refractivity contribution in [3.05, 3.63) is 11.6 Å². The van der Waals surface area contributed by atoms with Crippen LogP contribution in [0.2, 0.25) is 0 Å². The van der Waals surface area contributed by atoms with Crippen LogP contribution in [0.1, 0.15) is 66.2 Å². The topological polar surface area (TPSA) is 94.8 Å². The van der Waals surface area contributed by atoms with Gasteiger partial charge in [-0.15, -0.1) is 0 Å². The Morgan fingerprint density at radius 1 is 1.22 bits per heavy atom. The summed E-state index contributed by atoms with van der Waals surface area (Å²) in [6, 6.07) is 0. The smallest absolute Gasteiger partial charge is 0.190 e. The third-order valence-electron chi connectivity index (χ3n) is 8.65. The van der Waals surface area contributed by atoms with Crippen molar-refractivity contribution in [3.63, 3.8) is 0 Å². The first-order chi connectivity index (χ1) is 12.2. The molecule has 0 spiro atoms. The van der Waals surface area contributed by atoms with Gasteiger partial charge in [-0.05, 0) is 67.8 Å². The largest absolute Gasteiger partial charge is 0.393 e. The highest BCUT2D eigenvalue weighted by molar-refractivity contribution is 5.91. The summed E-state index contributed by atoms with van der Waals surface area (Å²) in [5.74, 6) is 0.140. The first-order valence-electron chi connectivity index (χ1n) is 9.96. The van der Waals surface area contributed by atoms with Crippen molar-refractivity contribution >= 4 is 11.6 Å². The molecule has 152 valence electrons. The molecule has 5 heteroatoms. The van der Waals surface area contributed by atoms with E-state index >= 15 is 0 Å². The van der Waals surface area contributed by atoms with Gasteiger partial charge in [-0.3, -0.25) is 9.59 Å². The molecule has 3 saturated carbocycles. The number of hydrogen-bond acceptors (Lipinski definition) is 5. The monoisotopic (exact) mass is 378 g/mol. The quantitative estimate of drug-likeness (QED) is 0.686. The fourth-order valence-corrected chi connectivity index (χ4v) is 7.28. The van der Waals surface area contributed by atoms with Gasteiger partial charge < -0.3 is 15.3 Å². The van der Waals surface area contributed by atoms with Crippen molar-refractivity contribution in [3.8, 4) is 0 Å². The van der Waals surface area contributed by atoms with Crippen LogP contribution in [-0.2, 0) is 9.59 Å². The average molecular weight is 379 g/mol. The van der Waals surface area contributed by atoms with E-state index in [-0.39, 0.29) is 36.4 Å². The molecule has 0 aromatic heterocycles. The lowest BCUT2D eigenvalue weighted by molar-refractivity contribution is -0.182. The molecule has 4 rings (SSSR count). The van der Waals surface area contributed by atoms with Crippen LogP contribution >= 0.6 is 0 Å². The number of aliphatic hydroxyl groups is 3. The maximum Gasteiger partial charge on any atom is 0.190 e. The maximum atomic E-state index is 12.4. The van der Waals surface area contributed by atoms with E-state index in [4.69, 9.17) is 0 Å². The van der Waals surface area contributed by atoms with Crippen LogP contribution in [0.15, 0.2) is 11.6 Å². The number of hydrogen-bond donors (Lipinski definition) is 3. The van der Waals surface area contributed by atoms with E-state index in [2.05, 4.69) is 6.92 Å². The Bertz CT molecular complexity index is 684. The minimum Gasteiger partial charge on any atom is -0.393 e. The molecule has 0 aliphatic heterocycles. The number of ketones is 2. The van der Waals surface area contributed by atoms with Gasteiger partial charge in [0.2, 0.25) is 0 Å². The van der Waals surface area contributed by atoms with Crippen molar-refractivity contribution in [1.82, 2.24) is 0 Å². The average Bonchev–Trinajstić information content (AvgIpc) is 2.86. The fourth-order valence-electron chi connectivity index (χ4n) is 7.28. The fraction of sp³-hybridized carbons (Fsp3) is 0.818. The van der Waals surface area contributed by atoms with E-state index < -0.39 is 29.5 Å². The molecule has 0 heterocycles. The third kappa shape index (κ3) is 2.54. The zero-order valence-electron chi connectivity index (χ0n) is 15.7. The summed E-state index contributed by atoms with van der Waals surface area (Å²) in [4.78, 5) is 24.3. The van der Waals surface area contributed by atoms with E-state index in [1.54, 1.807) is 6.08 Å². The Hall–Kier alpha value is -1.04. The molecule has 0 aromatic carbocycles. The molecule has 3 fully saturated rings. The van der Waals surface area contributed by atoms with E-state index in [0.29, 0.717) is 19.3 Å². The van der Waals surface area contributed by atoms with Crippen molar-refractivity contribution in [2.24, 2.45) is 28.6 Å². The molecule has 4 aliphatic rings. The molecule has 4 aliphatic carbocycles. The molecule has 0 bridgehead atoms. The molecule has 0 aromatic rings. The molecule has 7 unspecified atom stereocenters. The van der Waals surface area contributed by atoms with Gasteiger partial charge in [0.15, 0.2) is 11.6 Å². The predicted molar refractivity (Wildman–Crippen MR) is 102 cm³/mol. The maximum absolute atomic E-state index is 12.4. The summed E-state index contributed by atoms with van der Waals surface area (Å²) < 4.78 is 0. The molecule has 7 atom stereocenters. The lowest BCUT2D eigenvalue weighted by Crippen LogP contribution is -2.62. The Labute approximate surface area is 161 Å². The van der Waals surface area contributed by atoms with Gasteiger partial charge in [0, 0.05) is 11.8 Å². The van der Waals surface area contributed by atoms with Crippen LogP contribution in [0.5, 0.6) is 0 Å². The Kier molecular flexibility index (Phi) is 4.98. The predicted octanol–water partition coefficient (Wildman–Crippen LogP) is 2.42. The second-order valence-electron chi connectivity index (χ2n) is 9.56. The van der Waals surface area contributed by atoms with Crippen molar-refractivity contribution in [1.29, 1.82) is 0 Å². The van der Waals surface area contributed by atoms with Crippen molar-refractivity contribution in [2.45, 2.75) is 77.9 Å². The van der Waals surface area contributed by atoms with Gasteiger partial charge in [-0.1, -0.05) is 26.8 Å². The zero-order valence-corrected chi connectivity index (χ0v) is 15.7. The van der Waals surface area contributed by atoms with Gasteiger partial charge in [0.05, 0.1) is 6.10 Å². The summed E-state index contributed by atoms with van der Waals surface area (Å²) in [5, 5.41) is 31.7. The molecular weight excluding hydrogens is 344 g/mol. The molecular formula is C22H34O5. The van der Waals surface area contributed by atoms with Gasteiger partial charge in [0.25, 0.3) is 0 Å². The minimum absolute atomic E-state index is 0. The molecule has 27 heavy (non-hydrogen) atoms. The number of carbonyl (C=O) groups is 2. The number of allylic oxidation sites excluding steroid dienone is 1.